The molecule has 1 saturated heterocycles. The average molecular weight is 477 g/mol. The van der Waals surface area contributed by atoms with E-state index in [0.29, 0.717) is 23.6 Å². The third kappa shape index (κ3) is 4.59. The summed E-state index contributed by atoms with van der Waals surface area (Å²) < 4.78 is 52.7. The number of ether oxygens (including phenoxy) is 2. The second-order valence-electron chi connectivity index (χ2n) is 9.07. The maximum Gasteiger partial charge on any atom is 0.194 e. The van der Waals surface area contributed by atoms with E-state index in [1.165, 1.54) is 6.92 Å². The summed E-state index contributed by atoms with van der Waals surface area (Å²) in [6.45, 7) is 8.23. The van der Waals surface area contributed by atoms with Gasteiger partial charge in [-0.05, 0) is 48.7 Å². The molecule has 0 radical (unpaired) electrons. The van der Waals surface area contributed by atoms with Gasteiger partial charge in [0, 0.05) is 39.3 Å². The monoisotopic (exact) mass is 476 g/mol. The van der Waals surface area contributed by atoms with Crippen LogP contribution in [0.2, 0.25) is 0 Å². The van der Waals surface area contributed by atoms with Crippen molar-refractivity contribution >= 4 is 6.34 Å². The van der Waals surface area contributed by atoms with E-state index in [9.17, 15) is 13.2 Å². The van der Waals surface area contributed by atoms with Crippen LogP contribution in [-0.2, 0) is 12.1 Å². The smallest absolute Gasteiger partial charge is 0.194 e. The van der Waals surface area contributed by atoms with Gasteiger partial charge in [0.25, 0.3) is 0 Å². The molecule has 9 heteroatoms. The van der Waals surface area contributed by atoms with Crippen molar-refractivity contribution < 1.29 is 22.6 Å². The normalized spacial score (nSPS) is 23.2. The summed E-state index contributed by atoms with van der Waals surface area (Å²) in [7, 11) is 3.25. The molecule has 0 aliphatic carbocycles. The molecule has 1 fully saturated rings. The van der Waals surface area contributed by atoms with Crippen molar-refractivity contribution in [3.63, 3.8) is 0 Å². The minimum Gasteiger partial charge on any atom is -0.493 e. The van der Waals surface area contributed by atoms with Crippen LogP contribution in [0.5, 0.6) is 11.5 Å². The van der Waals surface area contributed by atoms with Crippen molar-refractivity contribution in [2.45, 2.75) is 32.0 Å². The molecular weight excluding hydrogens is 445 g/mol. The molecule has 2 atom stereocenters. The topological polar surface area (TPSA) is 49.3 Å². The Balaban J connectivity index is 1.39. The maximum absolute atomic E-state index is 14.3. The number of benzene rings is 2. The third-order valence-electron chi connectivity index (χ3n) is 7.00. The minimum atomic E-state index is -1.44. The SMILES string of the molecule is COc1ccc(CN2CCN(CC3N=CNC3(C)c3cc(F)c(F)c(F)c3C)CC2)cc1OC. The number of methoxy groups -OCH3 is 2. The lowest BCUT2D eigenvalue weighted by Crippen LogP contribution is -2.52. The number of halogens is 3. The molecule has 0 amide bonds. The van der Waals surface area contributed by atoms with Gasteiger partial charge in [0.1, 0.15) is 0 Å². The number of hydrogen-bond donors (Lipinski definition) is 1. The summed E-state index contributed by atoms with van der Waals surface area (Å²) in [5, 5.41) is 3.16. The molecule has 2 aromatic carbocycles. The van der Waals surface area contributed by atoms with Gasteiger partial charge >= 0.3 is 0 Å². The molecule has 1 N–H and O–H groups in total. The number of aliphatic imine (C=N–C) groups is 1. The Bertz CT molecular complexity index is 1070. The molecule has 184 valence electrons. The molecule has 0 spiro atoms. The minimum absolute atomic E-state index is 0.101. The predicted molar refractivity (Wildman–Crippen MR) is 125 cm³/mol. The average Bonchev–Trinajstić information content (AvgIpc) is 3.21. The van der Waals surface area contributed by atoms with Gasteiger partial charge < -0.3 is 14.8 Å². The second-order valence-corrected chi connectivity index (χ2v) is 9.07. The largest absolute Gasteiger partial charge is 0.493 e. The maximum atomic E-state index is 14.3. The van der Waals surface area contributed by atoms with E-state index in [-0.39, 0.29) is 11.6 Å². The standard InChI is InChI=1S/C25H31F3N4O2/c1-16-18(12-19(26)24(28)23(16)27)25(2)22(29-15-30-25)14-32-9-7-31(8-10-32)13-17-5-6-20(33-3)21(11-17)34-4/h5-6,11-12,15,22H,7-10,13-14H2,1-4H3,(H,29,30). The van der Waals surface area contributed by atoms with Crippen LogP contribution in [0.15, 0.2) is 29.3 Å². The van der Waals surface area contributed by atoms with Gasteiger partial charge in [0.2, 0.25) is 0 Å². The Hall–Kier alpha value is -2.78. The summed E-state index contributed by atoms with van der Waals surface area (Å²) in [5.74, 6) is -2.34. The Labute approximate surface area is 198 Å². The molecule has 4 rings (SSSR count). The van der Waals surface area contributed by atoms with Crippen LogP contribution in [0.3, 0.4) is 0 Å². The van der Waals surface area contributed by atoms with Gasteiger partial charge in [-0.3, -0.25) is 14.8 Å². The molecule has 0 saturated carbocycles. The van der Waals surface area contributed by atoms with E-state index in [1.54, 1.807) is 20.6 Å². The Morgan fingerprint density at radius 1 is 1.00 bits per heavy atom. The van der Waals surface area contributed by atoms with E-state index >= 15 is 0 Å². The lowest BCUT2D eigenvalue weighted by molar-refractivity contribution is 0.113. The van der Waals surface area contributed by atoms with Gasteiger partial charge in [0.05, 0.1) is 32.1 Å². The summed E-state index contributed by atoms with van der Waals surface area (Å²) in [4.78, 5) is 9.24. The molecule has 0 bridgehead atoms. The fourth-order valence-electron chi connectivity index (χ4n) is 4.83. The van der Waals surface area contributed by atoms with Crippen LogP contribution < -0.4 is 14.8 Å². The number of piperazine rings is 1. The molecular formula is C25H31F3N4O2. The summed E-state index contributed by atoms with van der Waals surface area (Å²) in [6, 6.07) is 6.79. The number of nitrogens with zero attached hydrogens (tertiary/aromatic N) is 3. The van der Waals surface area contributed by atoms with Crippen molar-refractivity contribution in [3.8, 4) is 11.5 Å². The molecule has 2 unspecified atom stereocenters. The molecule has 2 aliphatic rings. The van der Waals surface area contributed by atoms with Gasteiger partial charge in [-0.1, -0.05) is 6.07 Å². The van der Waals surface area contributed by atoms with Crippen molar-refractivity contribution in [1.29, 1.82) is 0 Å². The quantitative estimate of drug-likeness (QED) is 0.621. The summed E-state index contributed by atoms with van der Waals surface area (Å²) in [5.41, 5.74) is 0.817. The van der Waals surface area contributed by atoms with Crippen molar-refractivity contribution in [3.05, 3.63) is 58.4 Å². The zero-order valence-electron chi connectivity index (χ0n) is 20.0. The fourth-order valence-corrected chi connectivity index (χ4v) is 4.83. The highest BCUT2D eigenvalue weighted by molar-refractivity contribution is 5.62. The van der Waals surface area contributed by atoms with Crippen LogP contribution in [0.4, 0.5) is 13.2 Å². The Kier molecular flexibility index (Phi) is 7.04. The molecule has 0 aromatic heterocycles. The highest BCUT2D eigenvalue weighted by Gasteiger charge is 2.42. The molecule has 34 heavy (non-hydrogen) atoms. The first-order chi connectivity index (χ1) is 16.3. The van der Waals surface area contributed by atoms with Crippen molar-refractivity contribution in [2.75, 3.05) is 46.9 Å². The second kappa shape index (κ2) is 9.84. The first kappa shape index (κ1) is 24.3. The van der Waals surface area contributed by atoms with Crippen LogP contribution in [0, 0.1) is 24.4 Å². The van der Waals surface area contributed by atoms with Crippen LogP contribution >= 0.6 is 0 Å². The summed E-state index contributed by atoms with van der Waals surface area (Å²) in [6.07, 6.45) is 1.58. The Morgan fingerprint density at radius 2 is 1.68 bits per heavy atom. The van der Waals surface area contributed by atoms with Crippen LogP contribution in [0.1, 0.15) is 23.6 Å². The summed E-state index contributed by atoms with van der Waals surface area (Å²) >= 11 is 0. The Morgan fingerprint density at radius 3 is 2.35 bits per heavy atom. The molecule has 2 aromatic rings. The van der Waals surface area contributed by atoms with Gasteiger partial charge in [-0.15, -0.1) is 0 Å². The molecule has 2 heterocycles. The van der Waals surface area contributed by atoms with Crippen molar-refractivity contribution in [2.24, 2.45) is 4.99 Å². The number of hydrogen-bond acceptors (Lipinski definition) is 6. The van der Waals surface area contributed by atoms with Crippen LogP contribution in [-0.4, -0.2) is 69.1 Å². The highest BCUT2D eigenvalue weighted by Crippen LogP contribution is 2.35. The van der Waals surface area contributed by atoms with E-state index in [1.807, 2.05) is 25.1 Å². The molecule has 2 aliphatic heterocycles. The predicted octanol–water partition coefficient (Wildman–Crippen LogP) is 3.46. The third-order valence-corrected chi connectivity index (χ3v) is 7.00. The van der Waals surface area contributed by atoms with E-state index in [4.69, 9.17) is 9.47 Å². The number of nitrogens with one attached hydrogen (secondary N) is 1. The van der Waals surface area contributed by atoms with E-state index in [0.717, 1.165) is 44.4 Å². The lowest BCUT2D eigenvalue weighted by atomic mass is 9.82. The van der Waals surface area contributed by atoms with E-state index in [2.05, 4.69) is 20.1 Å². The first-order valence-corrected chi connectivity index (χ1v) is 11.4. The zero-order chi connectivity index (χ0) is 24.5. The highest BCUT2D eigenvalue weighted by atomic mass is 19.2. The van der Waals surface area contributed by atoms with Gasteiger partial charge in [0.15, 0.2) is 29.0 Å². The molecule has 6 nitrogen and oxygen atoms in total. The first-order valence-electron chi connectivity index (χ1n) is 11.4. The van der Waals surface area contributed by atoms with Crippen molar-refractivity contribution in [1.82, 2.24) is 15.1 Å². The fraction of sp³-hybridized carbons (Fsp3) is 0.480. The van der Waals surface area contributed by atoms with E-state index < -0.39 is 23.0 Å². The van der Waals surface area contributed by atoms with Gasteiger partial charge in [-0.2, -0.15) is 0 Å². The van der Waals surface area contributed by atoms with Crippen LogP contribution in [0.25, 0.3) is 0 Å². The lowest BCUT2D eigenvalue weighted by Gasteiger charge is -2.39. The number of rotatable bonds is 7. The van der Waals surface area contributed by atoms with Gasteiger partial charge in [-0.25, -0.2) is 13.2 Å². The zero-order valence-corrected chi connectivity index (χ0v) is 20.0.